The highest BCUT2D eigenvalue weighted by Crippen LogP contribution is 2.33. The zero-order valence-electron chi connectivity index (χ0n) is 20.1. The van der Waals surface area contributed by atoms with E-state index in [9.17, 15) is 14.4 Å². The van der Waals surface area contributed by atoms with Crippen LogP contribution in [0.2, 0.25) is 0 Å². The first kappa shape index (κ1) is 23.8. The molecule has 0 bridgehead atoms. The van der Waals surface area contributed by atoms with Gasteiger partial charge in [-0.1, -0.05) is 32.9 Å². The Morgan fingerprint density at radius 3 is 2.47 bits per heavy atom. The summed E-state index contributed by atoms with van der Waals surface area (Å²) < 4.78 is 11.2. The number of carbonyl (C=O) groups excluding carboxylic acids is 3. The second-order valence-corrected chi connectivity index (χ2v) is 9.45. The molecule has 0 atom stereocenters. The molecule has 2 aromatic rings. The average molecular weight is 465 g/mol. The number of Topliss-reactive ketones (excluding diaryl/α,β-unsaturated/α-hetero) is 1. The van der Waals surface area contributed by atoms with Gasteiger partial charge in [0.15, 0.2) is 19.0 Å². The third kappa shape index (κ3) is 5.41. The maximum absolute atomic E-state index is 12.9. The van der Waals surface area contributed by atoms with Crippen molar-refractivity contribution in [1.82, 2.24) is 4.90 Å². The summed E-state index contributed by atoms with van der Waals surface area (Å²) in [4.78, 5) is 41.6. The Morgan fingerprint density at radius 2 is 1.79 bits per heavy atom. The highest BCUT2D eigenvalue weighted by atomic mass is 16.5. The van der Waals surface area contributed by atoms with Gasteiger partial charge in [0.1, 0.15) is 18.0 Å². The second kappa shape index (κ2) is 10.3. The normalized spacial score (nSPS) is 16.3. The van der Waals surface area contributed by atoms with Crippen LogP contribution < -0.4 is 14.4 Å². The molecule has 7 nitrogen and oxygen atoms in total. The quantitative estimate of drug-likeness (QED) is 0.578. The Morgan fingerprint density at radius 1 is 1.09 bits per heavy atom. The molecule has 180 valence electrons. The number of rotatable bonds is 7. The van der Waals surface area contributed by atoms with E-state index in [0.29, 0.717) is 47.7 Å². The van der Waals surface area contributed by atoms with E-state index in [0.717, 1.165) is 12.8 Å². The standard InChI is InChI=1S/C27H32N2O5/c1-18(2)20-4-7-22(8-5-20)33-16-24(30)21-6-9-25-23(14-21)29(27(32)17-34-25)15-26(31)28-12-10-19(3)11-13-28/h4-9,14,18-19H,10-13,15-17H2,1-3H3. The summed E-state index contributed by atoms with van der Waals surface area (Å²) in [6, 6.07) is 12.6. The molecule has 0 N–H and O–H groups in total. The SMILES string of the molecule is CC1CCN(C(=O)CN2C(=O)COc3ccc(C(=O)COc4ccc(C(C)C)cc4)cc32)CC1. The molecule has 0 saturated carbocycles. The molecule has 4 rings (SSSR count). The van der Waals surface area contributed by atoms with Crippen LogP contribution in [0.4, 0.5) is 5.69 Å². The van der Waals surface area contributed by atoms with Crippen molar-refractivity contribution in [2.45, 2.75) is 39.5 Å². The molecular formula is C27H32N2O5. The van der Waals surface area contributed by atoms with Crippen molar-refractivity contribution >= 4 is 23.3 Å². The summed E-state index contributed by atoms with van der Waals surface area (Å²) in [5.41, 5.74) is 2.05. The summed E-state index contributed by atoms with van der Waals surface area (Å²) >= 11 is 0. The summed E-state index contributed by atoms with van der Waals surface area (Å²) in [7, 11) is 0. The van der Waals surface area contributed by atoms with Crippen molar-refractivity contribution in [2.75, 3.05) is 37.7 Å². The summed E-state index contributed by atoms with van der Waals surface area (Å²) in [6.07, 6.45) is 1.94. The van der Waals surface area contributed by atoms with Crippen LogP contribution in [-0.2, 0) is 9.59 Å². The predicted molar refractivity (Wildman–Crippen MR) is 130 cm³/mol. The molecule has 2 amide bonds. The number of amides is 2. The van der Waals surface area contributed by atoms with E-state index >= 15 is 0 Å². The van der Waals surface area contributed by atoms with Crippen LogP contribution in [0.25, 0.3) is 0 Å². The molecule has 0 unspecified atom stereocenters. The van der Waals surface area contributed by atoms with Crippen LogP contribution >= 0.6 is 0 Å². The third-order valence-corrected chi connectivity index (χ3v) is 6.57. The summed E-state index contributed by atoms with van der Waals surface area (Å²) in [5.74, 6) is 1.54. The minimum absolute atomic E-state index is 0.0556. The van der Waals surface area contributed by atoms with E-state index in [1.165, 1.54) is 10.5 Å². The summed E-state index contributed by atoms with van der Waals surface area (Å²) in [6.45, 7) is 7.53. The van der Waals surface area contributed by atoms with Crippen molar-refractivity contribution in [1.29, 1.82) is 0 Å². The largest absolute Gasteiger partial charge is 0.485 e. The smallest absolute Gasteiger partial charge is 0.265 e. The second-order valence-electron chi connectivity index (χ2n) is 9.45. The molecule has 0 aromatic heterocycles. The zero-order valence-corrected chi connectivity index (χ0v) is 20.1. The van der Waals surface area contributed by atoms with E-state index in [2.05, 4.69) is 20.8 Å². The zero-order chi connectivity index (χ0) is 24.2. The monoisotopic (exact) mass is 464 g/mol. The third-order valence-electron chi connectivity index (χ3n) is 6.57. The van der Waals surface area contributed by atoms with Gasteiger partial charge in [0.2, 0.25) is 5.91 Å². The molecule has 0 radical (unpaired) electrons. The van der Waals surface area contributed by atoms with Gasteiger partial charge in [-0.15, -0.1) is 0 Å². The van der Waals surface area contributed by atoms with E-state index in [4.69, 9.17) is 9.47 Å². The molecule has 0 aliphatic carbocycles. The number of anilines is 1. The van der Waals surface area contributed by atoms with E-state index in [1.54, 1.807) is 18.2 Å². The van der Waals surface area contributed by atoms with Gasteiger partial charge in [0.05, 0.1) is 5.69 Å². The first-order valence-corrected chi connectivity index (χ1v) is 11.9. The van der Waals surface area contributed by atoms with Crippen molar-refractivity contribution in [2.24, 2.45) is 5.92 Å². The highest BCUT2D eigenvalue weighted by molar-refractivity contribution is 6.04. The molecule has 34 heavy (non-hydrogen) atoms. The van der Waals surface area contributed by atoms with Gasteiger partial charge in [-0.05, 0) is 60.6 Å². The lowest BCUT2D eigenvalue weighted by molar-refractivity contribution is -0.133. The lowest BCUT2D eigenvalue weighted by Gasteiger charge is -2.34. The molecule has 2 aliphatic rings. The molecule has 1 saturated heterocycles. The topological polar surface area (TPSA) is 76.2 Å². The number of nitrogens with zero attached hydrogens (tertiary/aromatic N) is 2. The molecule has 1 fully saturated rings. The van der Waals surface area contributed by atoms with Crippen LogP contribution in [0.5, 0.6) is 11.5 Å². The van der Waals surface area contributed by atoms with Gasteiger partial charge in [-0.25, -0.2) is 0 Å². The van der Waals surface area contributed by atoms with Gasteiger partial charge >= 0.3 is 0 Å². The van der Waals surface area contributed by atoms with Gasteiger partial charge in [-0.2, -0.15) is 0 Å². The van der Waals surface area contributed by atoms with Crippen LogP contribution in [0.15, 0.2) is 42.5 Å². The lowest BCUT2D eigenvalue weighted by Crippen LogP contribution is -2.48. The van der Waals surface area contributed by atoms with Gasteiger partial charge in [0, 0.05) is 18.7 Å². The fourth-order valence-corrected chi connectivity index (χ4v) is 4.22. The molecule has 2 heterocycles. The van der Waals surface area contributed by atoms with Crippen molar-refractivity contribution in [3.05, 3.63) is 53.6 Å². The van der Waals surface area contributed by atoms with Crippen LogP contribution in [-0.4, -0.2) is 55.3 Å². The number of carbonyl (C=O) groups is 3. The number of benzene rings is 2. The first-order valence-electron chi connectivity index (χ1n) is 11.9. The number of hydrogen-bond donors (Lipinski definition) is 0. The molecule has 7 heteroatoms. The van der Waals surface area contributed by atoms with Gasteiger partial charge < -0.3 is 14.4 Å². The highest BCUT2D eigenvalue weighted by Gasteiger charge is 2.30. The number of piperidine rings is 1. The van der Waals surface area contributed by atoms with Crippen molar-refractivity contribution < 1.29 is 23.9 Å². The number of ether oxygens (including phenoxy) is 2. The molecule has 2 aliphatic heterocycles. The predicted octanol–water partition coefficient (Wildman–Crippen LogP) is 4.06. The lowest BCUT2D eigenvalue weighted by atomic mass is 9.99. The Labute approximate surface area is 200 Å². The number of hydrogen-bond acceptors (Lipinski definition) is 5. The van der Waals surface area contributed by atoms with E-state index in [1.807, 2.05) is 29.2 Å². The van der Waals surface area contributed by atoms with Crippen molar-refractivity contribution in [3.8, 4) is 11.5 Å². The fraction of sp³-hybridized carbons (Fsp3) is 0.444. The van der Waals surface area contributed by atoms with Crippen molar-refractivity contribution in [3.63, 3.8) is 0 Å². The van der Waals surface area contributed by atoms with Gasteiger partial charge in [0.25, 0.3) is 5.91 Å². The van der Waals surface area contributed by atoms with E-state index < -0.39 is 0 Å². The van der Waals surface area contributed by atoms with Crippen LogP contribution in [0, 0.1) is 5.92 Å². The maximum Gasteiger partial charge on any atom is 0.265 e. The van der Waals surface area contributed by atoms with E-state index in [-0.39, 0.29) is 37.4 Å². The average Bonchev–Trinajstić information content (AvgIpc) is 2.84. The number of ketones is 1. The summed E-state index contributed by atoms with van der Waals surface area (Å²) in [5, 5.41) is 0. The van der Waals surface area contributed by atoms with Gasteiger partial charge in [-0.3, -0.25) is 19.3 Å². The minimum Gasteiger partial charge on any atom is -0.485 e. The number of fused-ring (bicyclic) bond motifs is 1. The first-order chi connectivity index (χ1) is 16.3. The molecular weight excluding hydrogens is 432 g/mol. The van der Waals surface area contributed by atoms with Crippen LogP contribution in [0.3, 0.4) is 0 Å². The Bertz CT molecular complexity index is 1060. The maximum atomic E-state index is 12.9. The fourth-order valence-electron chi connectivity index (χ4n) is 4.22. The minimum atomic E-state index is -0.294. The Kier molecular flexibility index (Phi) is 7.20. The number of likely N-dealkylation sites (tertiary alicyclic amines) is 1. The Balaban J connectivity index is 1.44. The Hall–Kier alpha value is -3.35. The molecule has 0 spiro atoms. The molecule has 2 aromatic carbocycles. The van der Waals surface area contributed by atoms with Crippen LogP contribution in [0.1, 0.15) is 55.5 Å².